The topological polar surface area (TPSA) is 49.5 Å². The number of benzene rings is 2. The molecule has 25 heavy (non-hydrogen) atoms. The van der Waals surface area contributed by atoms with Crippen LogP contribution in [0.5, 0.6) is 0 Å². The predicted octanol–water partition coefficient (Wildman–Crippen LogP) is 4.30. The average molecular weight is 357 g/mol. The minimum absolute atomic E-state index is 0.102. The minimum atomic E-state index is 0.102. The fourth-order valence-electron chi connectivity index (χ4n) is 2.73. The fraction of sp³-hybridized carbons (Fsp3) is 0.250. The van der Waals surface area contributed by atoms with Crippen molar-refractivity contribution < 1.29 is 9.52 Å². The van der Waals surface area contributed by atoms with Crippen molar-refractivity contribution in [1.82, 2.24) is 9.88 Å². The van der Waals surface area contributed by atoms with Gasteiger partial charge in [-0.15, -0.1) is 0 Å². The van der Waals surface area contributed by atoms with Gasteiger partial charge in [-0.2, -0.15) is 0 Å². The van der Waals surface area contributed by atoms with E-state index in [1.165, 1.54) is 5.56 Å². The van der Waals surface area contributed by atoms with E-state index >= 15 is 0 Å². The number of nitrogens with zero attached hydrogens (tertiary/aromatic N) is 2. The normalized spacial score (nSPS) is 11.2. The second-order valence-corrected chi connectivity index (χ2v) is 6.39. The largest absolute Gasteiger partial charge is 0.441 e. The molecule has 2 aromatic carbocycles. The van der Waals surface area contributed by atoms with E-state index in [2.05, 4.69) is 22.0 Å². The number of aryl methyl sites for hydroxylation is 1. The monoisotopic (exact) mass is 356 g/mol. The molecule has 3 aromatic rings. The van der Waals surface area contributed by atoms with E-state index in [1.807, 2.05) is 49.4 Å². The van der Waals surface area contributed by atoms with Crippen molar-refractivity contribution in [3.8, 4) is 11.5 Å². The third-order valence-corrected chi connectivity index (χ3v) is 4.24. The van der Waals surface area contributed by atoms with Gasteiger partial charge in [-0.25, -0.2) is 4.98 Å². The summed E-state index contributed by atoms with van der Waals surface area (Å²) in [5.41, 5.74) is 2.94. The number of hydrogen-bond donors (Lipinski definition) is 1. The predicted molar refractivity (Wildman–Crippen MR) is 99.3 cm³/mol. The van der Waals surface area contributed by atoms with Crippen LogP contribution in [0.2, 0.25) is 5.02 Å². The van der Waals surface area contributed by atoms with Gasteiger partial charge in [-0.3, -0.25) is 4.90 Å². The van der Waals surface area contributed by atoms with Crippen LogP contribution >= 0.6 is 11.6 Å². The van der Waals surface area contributed by atoms with E-state index in [9.17, 15) is 5.11 Å². The lowest BCUT2D eigenvalue weighted by Crippen LogP contribution is -2.26. The Labute approximate surface area is 152 Å². The molecule has 130 valence electrons. The molecule has 0 spiro atoms. The Kier molecular flexibility index (Phi) is 5.87. The first-order chi connectivity index (χ1) is 12.2. The molecule has 1 heterocycles. The van der Waals surface area contributed by atoms with Crippen LogP contribution in [0.1, 0.15) is 17.0 Å². The maximum atomic E-state index is 9.38. The zero-order chi connectivity index (χ0) is 17.6. The van der Waals surface area contributed by atoms with Crippen molar-refractivity contribution in [3.05, 3.63) is 76.6 Å². The average Bonchev–Trinajstić information content (AvgIpc) is 2.97. The molecule has 0 radical (unpaired) electrons. The number of oxazole rings is 1. The quantitative estimate of drug-likeness (QED) is 0.685. The van der Waals surface area contributed by atoms with Crippen LogP contribution in [-0.2, 0) is 13.1 Å². The summed E-state index contributed by atoms with van der Waals surface area (Å²) in [6.07, 6.45) is 0. The zero-order valence-corrected chi connectivity index (χ0v) is 14.9. The number of aliphatic hydroxyl groups excluding tert-OH is 1. The Morgan fingerprint density at radius 2 is 1.88 bits per heavy atom. The van der Waals surface area contributed by atoms with E-state index in [-0.39, 0.29) is 6.61 Å². The third-order valence-electron chi connectivity index (χ3n) is 4.00. The first kappa shape index (κ1) is 17.7. The lowest BCUT2D eigenvalue weighted by Gasteiger charge is -2.20. The van der Waals surface area contributed by atoms with Gasteiger partial charge in [0.05, 0.1) is 12.3 Å². The van der Waals surface area contributed by atoms with Crippen LogP contribution in [0.25, 0.3) is 11.5 Å². The molecule has 0 aliphatic rings. The van der Waals surface area contributed by atoms with Gasteiger partial charge in [0.25, 0.3) is 0 Å². The van der Waals surface area contributed by atoms with Crippen molar-refractivity contribution in [3.63, 3.8) is 0 Å². The van der Waals surface area contributed by atoms with Gasteiger partial charge < -0.3 is 9.52 Å². The number of halogens is 1. The number of aromatic nitrogens is 1. The highest BCUT2D eigenvalue weighted by molar-refractivity contribution is 6.30. The van der Waals surface area contributed by atoms with Crippen molar-refractivity contribution in [1.29, 1.82) is 0 Å². The summed E-state index contributed by atoms with van der Waals surface area (Å²) in [6, 6.07) is 17.7. The van der Waals surface area contributed by atoms with Crippen LogP contribution < -0.4 is 0 Å². The highest BCUT2D eigenvalue weighted by atomic mass is 35.5. The Hall–Kier alpha value is -2.14. The van der Waals surface area contributed by atoms with Crippen LogP contribution in [0.15, 0.2) is 59.0 Å². The van der Waals surface area contributed by atoms with Crippen molar-refractivity contribution in [2.75, 3.05) is 13.2 Å². The molecular weight excluding hydrogens is 336 g/mol. The van der Waals surface area contributed by atoms with Crippen molar-refractivity contribution >= 4 is 11.6 Å². The van der Waals surface area contributed by atoms with Crippen LogP contribution in [0.4, 0.5) is 0 Å². The summed E-state index contributed by atoms with van der Waals surface area (Å²) in [5, 5.41) is 10.0. The minimum Gasteiger partial charge on any atom is -0.441 e. The van der Waals surface area contributed by atoms with Gasteiger partial charge in [0, 0.05) is 30.2 Å². The molecule has 3 rings (SSSR count). The van der Waals surface area contributed by atoms with Crippen molar-refractivity contribution in [2.24, 2.45) is 0 Å². The molecule has 0 aliphatic heterocycles. The fourth-order valence-corrected chi connectivity index (χ4v) is 2.92. The molecule has 0 fully saturated rings. The SMILES string of the molecule is Cc1oc(-c2cccc(Cl)c2)nc1CN(CCO)Cc1ccccc1. The standard InChI is InChI=1S/C20H21ClN2O2/c1-15-19(22-20(25-15)17-8-5-9-18(21)12-17)14-23(10-11-24)13-16-6-3-2-4-7-16/h2-9,12,24H,10-11,13-14H2,1H3. The van der Waals surface area contributed by atoms with Crippen molar-refractivity contribution in [2.45, 2.75) is 20.0 Å². The maximum absolute atomic E-state index is 9.38. The first-order valence-electron chi connectivity index (χ1n) is 8.25. The van der Waals surface area contributed by atoms with Gasteiger partial charge in [0.1, 0.15) is 5.76 Å². The second-order valence-electron chi connectivity index (χ2n) is 5.95. The van der Waals surface area contributed by atoms with E-state index < -0.39 is 0 Å². The number of aliphatic hydroxyl groups is 1. The Morgan fingerprint density at radius 3 is 2.60 bits per heavy atom. The van der Waals surface area contributed by atoms with E-state index in [0.717, 1.165) is 23.6 Å². The maximum Gasteiger partial charge on any atom is 0.226 e. The molecule has 4 nitrogen and oxygen atoms in total. The third kappa shape index (κ3) is 4.69. The van der Waals surface area contributed by atoms with E-state index in [4.69, 9.17) is 16.0 Å². The Morgan fingerprint density at radius 1 is 1.08 bits per heavy atom. The lowest BCUT2D eigenvalue weighted by molar-refractivity contribution is 0.182. The van der Waals surface area contributed by atoms with Gasteiger partial charge in [-0.1, -0.05) is 48.0 Å². The van der Waals surface area contributed by atoms with Crippen LogP contribution in [0, 0.1) is 6.92 Å². The highest BCUT2D eigenvalue weighted by Crippen LogP contribution is 2.25. The molecule has 1 N–H and O–H groups in total. The van der Waals surface area contributed by atoms with Gasteiger partial charge in [-0.05, 0) is 30.7 Å². The molecule has 0 unspecified atom stereocenters. The lowest BCUT2D eigenvalue weighted by atomic mass is 10.2. The summed E-state index contributed by atoms with van der Waals surface area (Å²) >= 11 is 6.05. The first-order valence-corrected chi connectivity index (χ1v) is 8.63. The smallest absolute Gasteiger partial charge is 0.226 e. The van der Waals surface area contributed by atoms with E-state index in [1.54, 1.807) is 0 Å². The molecule has 0 atom stereocenters. The summed E-state index contributed by atoms with van der Waals surface area (Å²) in [7, 11) is 0. The molecule has 0 saturated carbocycles. The molecule has 0 aliphatic carbocycles. The molecule has 0 bridgehead atoms. The van der Waals surface area contributed by atoms with E-state index in [0.29, 0.717) is 24.0 Å². The summed E-state index contributed by atoms with van der Waals surface area (Å²) < 4.78 is 5.83. The molecule has 0 amide bonds. The Balaban J connectivity index is 1.78. The zero-order valence-electron chi connectivity index (χ0n) is 14.2. The molecular formula is C20H21ClN2O2. The summed E-state index contributed by atoms with van der Waals surface area (Å²) in [5.74, 6) is 1.35. The van der Waals surface area contributed by atoms with Crippen LogP contribution in [0.3, 0.4) is 0 Å². The molecule has 5 heteroatoms. The highest BCUT2D eigenvalue weighted by Gasteiger charge is 2.15. The van der Waals surface area contributed by atoms with Gasteiger partial charge >= 0.3 is 0 Å². The summed E-state index contributed by atoms with van der Waals surface area (Å²) in [4.78, 5) is 6.79. The van der Waals surface area contributed by atoms with Crippen LogP contribution in [-0.4, -0.2) is 28.1 Å². The van der Waals surface area contributed by atoms with Gasteiger partial charge in [0.2, 0.25) is 5.89 Å². The number of rotatable bonds is 7. The second kappa shape index (κ2) is 8.30. The number of hydrogen-bond acceptors (Lipinski definition) is 4. The summed E-state index contributed by atoms with van der Waals surface area (Å²) in [6.45, 7) is 3.96. The molecule has 1 aromatic heterocycles. The Bertz CT molecular complexity index is 818. The van der Waals surface area contributed by atoms with Gasteiger partial charge in [0.15, 0.2) is 0 Å². The molecule has 0 saturated heterocycles.